The fraction of sp³-hybridized carbons (Fsp3) is 0.700. The number of nitrogen functional groups attached to an aromatic ring is 1. The van der Waals surface area contributed by atoms with Crippen LogP contribution < -0.4 is 11.1 Å². The lowest BCUT2D eigenvalue weighted by Gasteiger charge is -2.23. The van der Waals surface area contributed by atoms with E-state index in [0.717, 1.165) is 35.9 Å². The number of rotatable bonds is 4. The first-order valence-corrected chi connectivity index (χ1v) is 9.45. The minimum absolute atomic E-state index is 0.0464. The summed E-state index contributed by atoms with van der Waals surface area (Å²) in [6.07, 6.45) is 2.10. The van der Waals surface area contributed by atoms with E-state index in [1.54, 1.807) is 6.92 Å². The Morgan fingerprint density at radius 1 is 1.44 bits per heavy atom. The summed E-state index contributed by atoms with van der Waals surface area (Å²) in [6, 6.07) is 0.330. The number of aromatic nitrogens is 1. The largest absolute Gasteiger partial charge is 0.382 e. The van der Waals surface area contributed by atoms with Crippen molar-refractivity contribution in [1.82, 2.24) is 4.37 Å². The summed E-state index contributed by atoms with van der Waals surface area (Å²) < 4.78 is 27.9. The Labute approximate surface area is 116 Å². The summed E-state index contributed by atoms with van der Waals surface area (Å²) in [7, 11) is -3.31. The van der Waals surface area contributed by atoms with Gasteiger partial charge in [0.15, 0.2) is 15.7 Å². The zero-order chi connectivity index (χ0) is 13.2. The maximum Gasteiger partial charge on any atom is 0.184 e. The molecule has 0 aromatic carbocycles. The second-order valence-electron chi connectivity index (χ2n) is 4.16. The highest BCUT2D eigenvalue weighted by Crippen LogP contribution is 2.34. The molecule has 1 aromatic heterocycles. The molecule has 0 amide bonds. The molecule has 0 radical (unpaired) electrons. The SMILES string of the molecule is CCS(=O)(=O)c1c(N)nsc1NC1CCSCC1. The minimum Gasteiger partial charge on any atom is -0.382 e. The number of hydrogen-bond donors (Lipinski definition) is 2. The second-order valence-corrected chi connectivity index (χ2v) is 8.37. The number of hydrogen-bond acceptors (Lipinski definition) is 7. The molecule has 1 fully saturated rings. The van der Waals surface area contributed by atoms with Crippen molar-refractivity contribution in [2.75, 3.05) is 28.3 Å². The Morgan fingerprint density at radius 2 is 2.11 bits per heavy atom. The molecule has 102 valence electrons. The van der Waals surface area contributed by atoms with Gasteiger partial charge in [-0.2, -0.15) is 16.1 Å². The lowest BCUT2D eigenvalue weighted by Crippen LogP contribution is -2.25. The lowest BCUT2D eigenvalue weighted by atomic mass is 10.1. The number of anilines is 2. The van der Waals surface area contributed by atoms with Gasteiger partial charge in [0.2, 0.25) is 0 Å². The molecule has 5 nitrogen and oxygen atoms in total. The first-order chi connectivity index (χ1) is 8.54. The van der Waals surface area contributed by atoms with Crippen molar-refractivity contribution in [2.45, 2.75) is 30.7 Å². The number of nitrogens with two attached hydrogens (primary N) is 1. The lowest BCUT2D eigenvalue weighted by molar-refractivity contribution is 0.597. The van der Waals surface area contributed by atoms with Crippen LogP contribution in [0.4, 0.5) is 10.8 Å². The van der Waals surface area contributed by atoms with Gasteiger partial charge in [-0.05, 0) is 35.9 Å². The molecule has 8 heteroatoms. The average Bonchev–Trinajstić information content (AvgIpc) is 2.72. The smallest absolute Gasteiger partial charge is 0.184 e. The maximum atomic E-state index is 12.0. The fourth-order valence-electron chi connectivity index (χ4n) is 1.86. The van der Waals surface area contributed by atoms with Crippen LogP contribution in [0.25, 0.3) is 0 Å². The van der Waals surface area contributed by atoms with Crippen molar-refractivity contribution < 1.29 is 8.42 Å². The third kappa shape index (κ3) is 2.92. The topological polar surface area (TPSA) is 85.1 Å². The molecule has 0 saturated carbocycles. The summed E-state index contributed by atoms with van der Waals surface area (Å²) in [4.78, 5) is 0.188. The van der Waals surface area contributed by atoms with Gasteiger partial charge in [-0.1, -0.05) is 6.92 Å². The Morgan fingerprint density at radius 3 is 2.72 bits per heavy atom. The second kappa shape index (κ2) is 5.66. The van der Waals surface area contributed by atoms with Crippen molar-refractivity contribution in [3.63, 3.8) is 0 Å². The van der Waals surface area contributed by atoms with Crippen molar-refractivity contribution in [3.05, 3.63) is 0 Å². The molecular weight excluding hydrogens is 290 g/mol. The fourth-order valence-corrected chi connectivity index (χ4v) is 5.20. The maximum absolute atomic E-state index is 12.0. The van der Waals surface area contributed by atoms with E-state index in [0.29, 0.717) is 11.0 Å². The number of thioether (sulfide) groups is 1. The number of nitrogens with one attached hydrogen (secondary N) is 1. The Kier molecular flexibility index (Phi) is 4.39. The predicted molar refractivity (Wildman–Crippen MR) is 78.2 cm³/mol. The van der Waals surface area contributed by atoms with Gasteiger partial charge in [0.05, 0.1) is 5.75 Å². The van der Waals surface area contributed by atoms with Gasteiger partial charge >= 0.3 is 0 Å². The zero-order valence-corrected chi connectivity index (χ0v) is 12.6. The molecule has 2 rings (SSSR count). The van der Waals surface area contributed by atoms with Gasteiger partial charge in [0, 0.05) is 6.04 Å². The van der Waals surface area contributed by atoms with Crippen molar-refractivity contribution in [2.24, 2.45) is 0 Å². The molecular formula is C10H17N3O2S3. The molecule has 0 atom stereocenters. The third-order valence-electron chi connectivity index (χ3n) is 2.92. The van der Waals surface area contributed by atoms with E-state index in [9.17, 15) is 8.42 Å². The van der Waals surface area contributed by atoms with Crippen molar-refractivity contribution in [3.8, 4) is 0 Å². The molecule has 1 aliphatic heterocycles. The molecule has 1 aliphatic rings. The summed E-state index contributed by atoms with van der Waals surface area (Å²) >= 11 is 3.07. The van der Waals surface area contributed by atoms with E-state index < -0.39 is 9.84 Å². The highest BCUT2D eigenvalue weighted by Gasteiger charge is 2.25. The van der Waals surface area contributed by atoms with E-state index >= 15 is 0 Å². The van der Waals surface area contributed by atoms with Crippen molar-refractivity contribution >= 4 is 44.0 Å². The monoisotopic (exact) mass is 307 g/mol. The highest BCUT2D eigenvalue weighted by atomic mass is 32.2. The van der Waals surface area contributed by atoms with E-state index in [1.807, 2.05) is 11.8 Å². The van der Waals surface area contributed by atoms with Crippen LogP contribution in [0.5, 0.6) is 0 Å². The third-order valence-corrected chi connectivity index (χ3v) is 6.69. The minimum atomic E-state index is -3.31. The van der Waals surface area contributed by atoms with Crippen LogP contribution in [0.2, 0.25) is 0 Å². The van der Waals surface area contributed by atoms with Gasteiger partial charge in [-0.25, -0.2) is 8.42 Å². The highest BCUT2D eigenvalue weighted by molar-refractivity contribution is 7.99. The molecule has 0 aliphatic carbocycles. The average molecular weight is 307 g/mol. The van der Waals surface area contributed by atoms with E-state index in [1.165, 1.54) is 0 Å². The van der Waals surface area contributed by atoms with Crippen LogP contribution in [0.1, 0.15) is 19.8 Å². The first-order valence-electron chi connectivity index (χ1n) is 5.86. The predicted octanol–water partition coefficient (Wildman–Crippen LogP) is 1.83. The van der Waals surface area contributed by atoms with Gasteiger partial charge in [0.25, 0.3) is 0 Å². The molecule has 1 aromatic rings. The molecule has 3 N–H and O–H groups in total. The summed E-state index contributed by atoms with van der Waals surface area (Å²) in [5.41, 5.74) is 5.68. The van der Waals surface area contributed by atoms with Gasteiger partial charge in [-0.3, -0.25) is 0 Å². The van der Waals surface area contributed by atoms with Crippen LogP contribution >= 0.6 is 23.3 Å². The summed E-state index contributed by atoms with van der Waals surface area (Å²) in [5.74, 6) is 2.39. The molecule has 18 heavy (non-hydrogen) atoms. The Balaban J connectivity index is 2.23. The van der Waals surface area contributed by atoms with Gasteiger partial charge in [0.1, 0.15) is 9.90 Å². The summed E-state index contributed by atoms with van der Waals surface area (Å²) in [6.45, 7) is 1.62. The summed E-state index contributed by atoms with van der Waals surface area (Å²) in [5, 5.41) is 3.90. The Hall–Kier alpha value is -0.470. The molecule has 0 bridgehead atoms. The van der Waals surface area contributed by atoms with Crippen LogP contribution in [-0.2, 0) is 9.84 Å². The normalized spacial score (nSPS) is 17.8. The molecule has 2 heterocycles. The van der Waals surface area contributed by atoms with Crippen LogP contribution in [-0.4, -0.2) is 36.1 Å². The van der Waals surface area contributed by atoms with Gasteiger partial charge < -0.3 is 11.1 Å². The van der Waals surface area contributed by atoms with Gasteiger partial charge in [-0.15, -0.1) is 0 Å². The quantitative estimate of drug-likeness (QED) is 0.882. The van der Waals surface area contributed by atoms with E-state index in [-0.39, 0.29) is 16.5 Å². The van der Waals surface area contributed by atoms with E-state index in [4.69, 9.17) is 5.73 Å². The van der Waals surface area contributed by atoms with Crippen LogP contribution in [0, 0.1) is 0 Å². The zero-order valence-electron chi connectivity index (χ0n) is 10.2. The van der Waals surface area contributed by atoms with Crippen LogP contribution in [0.3, 0.4) is 0 Å². The van der Waals surface area contributed by atoms with Crippen molar-refractivity contribution in [1.29, 1.82) is 0 Å². The van der Waals surface area contributed by atoms with Crippen LogP contribution in [0.15, 0.2) is 4.90 Å². The number of sulfone groups is 1. The first kappa shape index (κ1) is 14.0. The number of nitrogens with zero attached hydrogens (tertiary/aromatic N) is 1. The molecule has 0 unspecified atom stereocenters. The molecule has 1 saturated heterocycles. The standard InChI is InChI=1S/C10H17N3O2S3/c1-2-18(14,15)8-9(11)13-17-10(8)12-7-3-5-16-6-4-7/h7,12H,2-6H2,1H3,(H2,11,13). The Bertz CT molecular complexity index is 506. The molecule has 0 spiro atoms. The van der Waals surface area contributed by atoms with E-state index in [2.05, 4.69) is 9.69 Å².